The standard InChI is InChI=1S/C65H67NO28/c1-9-29-79-64-57(93-62(78)42-25-17-12-18-26-42)54(92-61(77)41-23-15-11-16-24-41)50(91-60(76)40-21-13-10-14-22-40)47(90-64)32-82-65-56(88-39(8)73)55(87-38(7)72)53(86-37(6)71)51(94-65)45(83-34(3)68)31-81-63-48(66-58(74)43-27-19-20-28-44(43)59(66)75)52(85-36(5)70)49(84-35(4)69)46(89-63)30-80-33(2)67/h9-28,45-57,63-65H,1,29-32H2,2-8H3/t45-,46+,47+,48+,49+,50+,51+,52+,53+,54-,55-,56-,57+,63+,64-,65-/m0/s1. The molecule has 0 saturated carbocycles. The van der Waals surface area contributed by atoms with Crippen LogP contribution in [-0.4, -0.2) is 201 Å². The zero-order chi connectivity index (χ0) is 67.9. The highest BCUT2D eigenvalue weighted by Crippen LogP contribution is 2.39. The van der Waals surface area contributed by atoms with Gasteiger partial charge in [-0.05, 0) is 48.5 Å². The quantitative estimate of drug-likeness (QED) is 0.0393. The molecule has 4 heterocycles. The Morgan fingerprint density at radius 3 is 1.31 bits per heavy atom. The van der Waals surface area contributed by atoms with Crippen LogP contribution >= 0.6 is 0 Å². The van der Waals surface area contributed by atoms with Crippen LogP contribution in [0.2, 0.25) is 0 Å². The molecular formula is C65H67NO28. The van der Waals surface area contributed by atoms with Crippen LogP contribution in [0.4, 0.5) is 0 Å². The zero-order valence-corrected chi connectivity index (χ0v) is 51.7. The molecule has 0 spiro atoms. The Kier molecular flexibility index (Phi) is 24.0. The zero-order valence-electron chi connectivity index (χ0n) is 51.7. The van der Waals surface area contributed by atoms with Gasteiger partial charge >= 0.3 is 59.7 Å². The van der Waals surface area contributed by atoms with Gasteiger partial charge in [0.2, 0.25) is 0 Å². The van der Waals surface area contributed by atoms with E-state index in [2.05, 4.69) is 6.58 Å². The first-order valence-corrected chi connectivity index (χ1v) is 29.3. The number of ether oxygens (including phenoxy) is 16. The van der Waals surface area contributed by atoms with Crippen LogP contribution in [0.3, 0.4) is 0 Å². The van der Waals surface area contributed by atoms with E-state index in [9.17, 15) is 57.5 Å². The van der Waals surface area contributed by atoms with Gasteiger partial charge in [-0.15, -0.1) is 6.58 Å². The molecule has 4 aliphatic rings. The maximum atomic E-state index is 14.4. The van der Waals surface area contributed by atoms with Gasteiger partial charge < -0.3 is 75.8 Å². The largest absolute Gasteiger partial charge is 0.463 e. The molecule has 4 aliphatic heterocycles. The molecule has 0 aliphatic carbocycles. The minimum absolute atomic E-state index is 0.00552. The van der Waals surface area contributed by atoms with E-state index in [0.717, 1.165) is 48.5 Å². The van der Waals surface area contributed by atoms with Gasteiger partial charge in [-0.1, -0.05) is 72.8 Å². The molecule has 4 aromatic rings. The molecule has 2 amide bonds. The summed E-state index contributed by atoms with van der Waals surface area (Å²) in [5.74, 6) is -12.1. The van der Waals surface area contributed by atoms with Crippen molar-refractivity contribution in [1.82, 2.24) is 4.90 Å². The van der Waals surface area contributed by atoms with Crippen LogP contribution in [0.5, 0.6) is 0 Å². The summed E-state index contributed by atoms with van der Waals surface area (Å²) >= 11 is 0. The van der Waals surface area contributed by atoms with Crippen molar-refractivity contribution in [2.24, 2.45) is 0 Å². The highest BCUT2D eigenvalue weighted by molar-refractivity contribution is 6.21. The van der Waals surface area contributed by atoms with Crippen molar-refractivity contribution in [3.8, 4) is 0 Å². The summed E-state index contributed by atoms with van der Waals surface area (Å²) in [7, 11) is 0. The summed E-state index contributed by atoms with van der Waals surface area (Å²) < 4.78 is 96.5. The molecule has 29 nitrogen and oxygen atoms in total. The average Bonchev–Trinajstić information content (AvgIpc) is 1.46. The monoisotopic (exact) mass is 1310 g/mol. The van der Waals surface area contributed by atoms with Gasteiger partial charge in [-0.2, -0.15) is 0 Å². The fraction of sp³-hybridized carbons (Fsp3) is 0.415. The maximum absolute atomic E-state index is 14.4. The van der Waals surface area contributed by atoms with Gasteiger partial charge in [0.15, 0.2) is 73.8 Å². The van der Waals surface area contributed by atoms with Crippen molar-refractivity contribution in [3.05, 3.63) is 156 Å². The molecule has 0 unspecified atom stereocenters. The van der Waals surface area contributed by atoms with Gasteiger partial charge in [0.25, 0.3) is 11.8 Å². The molecule has 3 fully saturated rings. The fourth-order valence-corrected chi connectivity index (χ4v) is 10.8. The average molecular weight is 1310 g/mol. The summed E-state index contributed by atoms with van der Waals surface area (Å²) in [6.07, 6.45) is -26.9. The van der Waals surface area contributed by atoms with Crippen LogP contribution in [0.1, 0.15) is 100 Å². The third-order valence-electron chi connectivity index (χ3n) is 14.5. The molecule has 3 saturated heterocycles. The molecule has 94 heavy (non-hydrogen) atoms. The highest BCUT2D eigenvalue weighted by Gasteiger charge is 2.60. The second-order valence-corrected chi connectivity index (χ2v) is 21.4. The fourth-order valence-electron chi connectivity index (χ4n) is 10.8. The van der Waals surface area contributed by atoms with Gasteiger partial charge in [-0.3, -0.25) is 48.1 Å². The van der Waals surface area contributed by atoms with Crippen LogP contribution in [-0.2, 0) is 109 Å². The predicted octanol–water partition coefficient (Wildman–Crippen LogP) is 3.89. The second kappa shape index (κ2) is 32.2. The summed E-state index contributed by atoms with van der Waals surface area (Å²) in [6.45, 7) is 7.53. The van der Waals surface area contributed by atoms with Crippen molar-refractivity contribution in [2.45, 2.75) is 147 Å². The van der Waals surface area contributed by atoms with E-state index in [0.29, 0.717) is 4.90 Å². The lowest BCUT2D eigenvalue weighted by atomic mass is 9.93. The molecule has 0 N–H and O–H groups in total. The lowest BCUT2D eigenvalue weighted by Gasteiger charge is -2.48. The van der Waals surface area contributed by atoms with Crippen LogP contribution < -0.4 is 0 Å². The van der Waals surface area contributed by atoms with E-state index < -0.39 is 189 Å². The summed E-state index contributed by atoms with van der Waals surface area (Å²) in [4.78, 5) is 163. The SMILES string of the molecule is C=CCO[C@H]1O[C@H](CO[C@H]2O[C@H]([C@H](CO[C@@H]3O[C@H](COC(C)=O)[C@@H](OC(C)=O)[C@H](OC(C)=O)[C@H]3N3C(=O)c4ccccc4C3=O)OC(C)=O)[C@@H](OC(C)=O)[C@H](OC(C)=O)[C@@H]2OC(C)=O)[C@@H](OC(=O)c2ccccc2)[C@H](OC(=O)c2ccccc2)[C@H]1OC(=O)c1ccccc1. The Hall–Kier alpha value is -9.78. The Morgan fingerprint density at radius 2 is 0.819 bits per heavy atom. The molecule has 500 valence electrons. The molecule has 0 aromatic heterocycles. The van der Waals surface area contributed by atoms with Crippen LogP contribution in [0.25, 0.3) is 0 Å². The number of fused-ring (bicyclic) bond motifs is 1. The highest BCUT2D eigenvalue weighted by atomic mass is 16.8. The molecule has 16 atom stereocenters. The van der Waals surface area contributed by atoms with Crippen molar-refractivity contribution < 1.29 is 133 Å². The van der Waals surface area contributed by atoms with Gasteiger partial charge in [0, 0.05) is 48.5 Å². The number of carbonyl (C=O) groups excluding carboxylic acids is 12. The van der Waals surface area contributed by atoms with Crippen molar-refractivity contribution in [1.29, 1.82) is 0 Å². The third kappa shape index (κ3) is 17.5. The van der Waals surface area contributed by atoms with Crippen molar-refractivity contribution >= 4 is 71.5 Å². The lowest BCUT2D eigenvalue weighted by molar-refractivity contribution is -0.339. The molecule has 0 radical (unpaired) electrons. The smallest absolute Gasteiger partial charge is 0.338 e. The number of amides is 2. The number of benzene rings is 4. The van der Waals surface area contributed by atoms with Crippen molar-refractivity contribution in [3.63, 3.8) is 0 Å². The molecule has 29 heteroatoms. The Balaban J connectivity index is 1.22. The number of esters is 10. The van der Waals surface area contributed by atoms with Crippen LogP contribution in [0.15, 0.2) is 128 Å². The van der Waals surface area contributed by atoms with E-state index in [1.165, 1.54) is 78.9 Å². The first kappa shape index (κ1) is 70.1. The first-order chi connectivity index (χ1) is 44.9. The van der Waals surface area contributed by atoms with Gasteiger partial charge in [-0.25, -0.2) is 14.4 Å². The summed E-state index contributed by atoms with van der Waals surface area (Å²) in [5, 5.41) is 0. The molecule has 4 aromatic carbocycles. The number of hydrogen-bond donors (Lipinski definition) is 0. The summed E-state index contributed by atoms with van der Waals surface area (Å²) in [5.41, 5.74) is -0.226. The third-order valence-corrected chi connectivity index (χ3v) is 14.5. The topological polar surface area (TPSA) is 356 Å². The Labute approximate surface area is 536 Å². The number of nitrogens with zero attached hydrogens (tertiary/aromatic N) is 1. The number of carbonyl (C=O) groups is 12. The van der Waals surface area contributed by atoms with Crippen LogP contribution in [0, 0.1) is 0 Å². The normalized spacial score (nSPS) is 26.5. The predicted molar refractivity (Wildman–Crippen MR) is 312 cm³/mol. The maximum Gasteiger partial charge on any atom is 0.338 e. The van der Waals surface area contributed by atoms with E-state index in [-0.39, 0.29) is 34.4 Å². The van der Waals surface area contributed by atoms with E-state index >= 15 is 0 Å². The Morgan fingerprint density at radius 1 is 0.426 bits per heavy atom. The van der Waals surface area contributed by atoms with Gasteiger partial charge in [0.1, 0.15) is 31.0 Å². The van der Waals surface area contributed by atoms with E-state index in [1.54, 1.807) is 42.5 Å². The number of imide groups is 1. The van der Waals surface area contributed by atoms with Crippen molar-refractivity contribution in [2.75, 3.05) is 26.4 Å². The number of hydrogen-bond acceptors (Lipinski definition) is 28. The minimum atomic E-state index is -2.10. The van der Waals surface area contributed by atoms with E-state index in [4.69, 9.17) is 75.8 Å². The Bertz CT molecular complexity index is 3400. The summed E-state index contributed by atoms with van der Waals surface area (Å²) in [6, 6.07) is 26.4. The molecule has 0 bridgehead atoms. The van der Waals surface area contributed by atoms with Gasteiger partial charge in [0.05, 0.1) is 47.6 Å². The second-order valence-electron chi connectivity index (χ2n) is 21.4. The van der Waals surface area contributed by atoms with E-state index in [1.807, 2.05) is 0 Å². The first-order valence-electron chi connectivity index (χ1n) is 29.3. The molecule has 8 rings (SSSR count). The number of rotatable bonds is 25. The lowest BCUT2D eigenvalue weighted by Crippen LogP contribution is -2.68. The molecular weight excluding hydrogens is 1240 g/mol. The minimum Gasteiger partial charge on any atom is -0.463 e.